The van der Waals surface area contributed by atoms with E-state index >= 15 is 0 Å². The van der Waals surface area contributed by atoms with Gasteiger partial charge in [0, 0.05) is 41.3 Å². The third-order valence-electron chi connectivity index (χ3n) is 5.67. The first-order chi connectivity index (χ1) is 11.7. The van der Waals surface area contributed by atoms with Crippen LogP contribution in [0.4, 0.5) is 0 Å². The van der Waals surface area contributed by atoms with Crippen LogP contribution < -0.4 is 5.43 Å². The van der Waals surface area contributed by atoms with Crippen LogP contribution in [0.3, 0.4) is 0 Å². The van der Waals surface area contributed by atoms with E-state index < -0.39 is 8.32 Å². The Labute approximate surface area is 155 Å². The fourth-order valence-electron chi connectivity index (χ4n) is 3.09. The summed E-state index contributed by atoms with van der Waals surface area (Å²) in [4.78, 5) is 12.7. The Morgan fingerprint density at radius 2 is 1.92 bits per heavy atom. The summed E-state index contributed by atoms with van der Waals surface area (Å²) >= 11 is 1.84. The molecule has 1 aliphatic rings. The highest BCUT2D eigenvalue weighted by molar-refractivity contribution is 7.98. The molecule has 25 heavy (non-hydrogen) atoms. The lowest BCUT2D eigenvalue weighted by molar-refractivity contribution is 0.275. The molecule has 0 unspecified atom stereocenters. The highest BCUT2D eigenvalue weighted by atomic mass is 32.2. The molecule has 0 saturated heterocycles. The number of hydrogen-bond acceptors (Lipinski definition) is 3. The number of benzene rings is 1. The normalized spacial score (nSPS) is 14.9. The topological polar surface area (TPSA) is 31.2 Å². The van der Waals surface area contributed by atoms with Gasteiger partial charge in [-0.25, -0.2) is 0 Å². The van der Waals surface area contributed by atoms with Crippen LogP contribution in [0.1, 0.15) is 38.4 Å². The minimum atomic E-state index is -1.69. The fourth-order valence-corrected chi connectivity index (χ4v) is 5.30. The molecule has 136 valence electrons. The van der Waals surface area contributed by atoms with Gasteiger partial charge in [-0.2, -0.15) is 11.8 Å². The molecule has 0 fully saturated rings. The van der Waals surface area contributed by atoms with Gasteiger partial charge in [0.15, 0.2) is 13.7 Å². The summed E-state index contributed by atoms with van der Waals surface area (Å²) < 4.78 is 8.69. The first kappa shape index (κ1) is 18.7. The molecule has 0 aliphatic carbocycles. The smallest absolute Gasteiger partial charge is 0.193 e. The molecule has 0 N–H and O–H groups in total. The van der Waals surface area contributed by atoms with Crippen LogP contribution >= 0.6 is 11.8 Å². The second kappa shape index (κ2) is 6.93. The summed E-state index contributed by atoms with van der Waals surface area (Å²) in [5.41, 5.74) is 3.53. The van der Waals surface area contributed by atoms with Crippen LogP contribution in [0.5, 0.6) is 0 Å². The summed E-state index contributed by atoms with van der Waals surface area (Å²) in [6.07, 6.45) is 0.983. The Bertz CT molecular complexity index is 836. The van der Waals surface area contributed by atoms with Gasteiger partial charge in [0.1, 0.15) is 0 Å². The van der Waals surface area contributed by atoms with E-state index in [1.807, 2.05) is 30.0 Å². The maximum Gasteiger partial charge on any atom is 0.193 e. The van der Waals surface area contributed by atoms with E-state index in [0.717, 1.165) is 47.5 Å². The Hall–Kier alpha value is -1.04. The van der Waals surface area contributed by atoms with Crippen molar-refractivity contribution in [3.63, 3.8) is 0 Å². The predicted molar refractivity (Wildman–Crippen MR) is 111 cm³/mol. The molecule has 2 aromatic rings. The number of thioether (sulfide) groups is 1. The van der Waals surface area contributed by atoms with E-state index in [2.05, 4.69) is 44.5 Å². The predicted octanol–water partition coefficient (Wildman–Crippen LogP) is 5.16. The summed E-state index contributed by atoms with van der Waals surface area (Å²) in [5, 5.41) is 1.10. The number of rotatable bonds is 5. The first-order valence-corrected chi connectivity index (χ1v) is 13.1. The largest absolute Gasteiger partial charge is 0.417 e. The van der Waals surface area contributed by atoms with Gasteiger partial charge in [-0.3, -0.25) is 4.79 Å². The van der Waals surface area contributed by atoms with E-state index in [9.17, 15) is 4.79 Å². The third kappa shape index (κ3) is 3.60. The number of para-hydroxylation sites is 1. The van der Waals surface area contributed by atoms with E-state index in [0.29, 0.717) is 0 Å². The average Bonchev–Trinajstić information content (AvgIpc) is 3.03. The molecule has 2 heterocycles. The zero-order valence-corrected chi connectivity index (χ0v) is 17.8. The van der Waals surface area contributed by atoms with Crippen LogP contribution in [-0.2, 0) is 22.5 Å². The van der Waals surface area contributed by atoms with Crippen molar-refractivity contribution in [2.24, 2.45) is 0 Å². The van der Waals surface area contributed by atoms with Crippen LogP contribution in [0.2, 0.25) is 18.1 Å². The fraction of sp³-hybridized carbons (Fsp3) is 0.550. The Kier molecular flexibility index (Phi) is 5.20. The number of fused-ring (bicyclic) bond motifs is 2. The van der Waals surface area contributed by atoms with Gasteiger partial charge in [0.25, 0.3) is 0 Å². The second-order valence-electron chi connectivity index (χ2n) is 8.38. The molecule has 0 radical (unpaired) electrons. The standard InChI is InChI=1S/C20H29NO2SSi/c1-20(2,3)25(4,5)23-12-8-11-21-17-10-7-6-9-15(17)19(22)16-13-24-14-18(16)21/h6-7,9-10H,8,11-14H2,1-5H3. The molecular weight excluding hydrogens is 346 g/mol. The van der Waals surface area contributed by atoms with E-state index in [-0.39, 0.29) is 10.5 Å². The van der Waals surface area contributed by atoms with E-state index in [4.69, 9.17) is 4.43 Å². The van der Waals surface area contributed by atoms with Crippen molar-refractivity contribution in [3.8, 4) is 0 Å². The van der Waals surface area contributed by atoms with Gasteiger partial charge < -0.3 is 8.99 Å². The van der Waals surface area contributed by atoms with Gasteiger partial charge in [0.05, 0.1) is 5.52 Å². The minimum absolute atomic E-state index is 0.226. The SMILES string of the molecule is CC(C)(C)[Si](C)(C)OCCCn1c2c(c(=O)c3ccccc31)CSC2. The van der Waals surface area contributed by atoms with Crippen molar-refractivity contribution in [3.05, 3.63) is 45.7 Å². The van der Waals surface area contributed by atoms with Gasteiger partial charge in [-0.15, -0.1) is 0 Å². The molecular formula is C20H29NO2SSi. The third-order valence-corrected chi connectivity index (χ3v) is 11.2. The van der Waals surface area contributed by atoms with E-state index in [1.165, 1.54) is 5.69 Å². The average molecular weight is 376 g/mol. The molecule has 0 bridgehead atoms. The summed E-state index contributed by atoms with van der Waals surface area (Å²) in [5.74, 6) is 1.79. The van der Waals surface area contributed by atoms with Gasteiger partial charge in [-0.1, -0.05) is 32.9 Å². The van der Waals surface area contributed by atoms with Crippen molar-refractivity contribution < 1.29 is 4.43 Å². The summed E-state index contributed by atoms with van der Waals surface area (Å²) in [6.45, 7) is 13.1. The summed E-state index contributed by atoms with van der Waals surface area (Å²) in [7, 11) is -1.69. The van der Waals surface area contributed by atoms with Crippen molar-refractivity contribution >= 4 is 31.0 Å². The molecule has 1 aliphatic heterocycles. The molecule has 0 atom stereocenters. The molecule has 0 amide bonds. The van der Waals surface area contributed by atoms with Crippen molar-refractivity contribution in [1.29, 1.82) is 0 Å². The van der Waals surface area contributed by atoms with Crippen LogP contribution in [0.15, 0.2) is 29.1 Å². The molecule has 3 nitrogen and oxygen atoms in total. The summed E-state index contributed by atoms with van der Waals surface area (Å²) in [6, 6.07) is 8.03. The number of aromatic nitrogens is 1. The molecule has 1 aromatic carbocycles. The quantitative estimate of drug-likeness (QED) is 0.534. The Morgan fingerprint density at radius 1 is 1.20 bits per heavy atom. The lowest BCUT2D eigenvalue weighted by Gasteiger charge is -2.36. The number of hydrogen-bond donors (Lipinski definition) is 0. The van der Waals surface area contributed by atoms with Gasteiger partial charge >= 0.3 is 0 Å². The number of nitrogens with zero attached hydrogens (tertiary/aromatic N) is 1. The first-order valence-electron chi connectivity index (χ1n) is 9.07. The zero-order chi connectivity index (χ0) is 18.2. The van der Waals surface area contributed by atoms with E-state index in [1.54, 1.807) is 0 Å². The highest BCUT2D eigenvalue weighted by Crippen LogP contribution is 2.36. The lowest BCUT2D eigenvalue weighted by Crippen LogP contribution is -2.41. The Balaban J connectivity index is 1.81. The zero-order valence-electron chi connectivity index (χ0n) is 16.0. The molecule has 1 aromatic heterocycles. The van der Waals surface area contributed by atoms with Gasteiger partial charge in [0.2, 0.25) is 0 Å². The monoisotopic (exact) mass is 375 g/mol. The lowest BCUT2D eigenvalue weighted by atomic mass is 10.1. The maximum atomic E-state index is 12.7. The van der Waals surface area contributed by atoms with Crippen molar-refractivity contribution in [2.45, 2.75) is 63.4 Å². The van der Waals surface area contributed by atoms with Gasteiger partial charge in [-0.05, 0) is 36.7 Å². The van der Waals surface area contributed by atoms with Crippen LogP contribution in [0.25, 0.3) is 10.9 Å². The molecule has 0 spiro atoms. The Morgan fingerprint density at radius 3 is 2.64 bits per heavy atom. The molecule has 0 saturated carbocycles. The number of aryl methyl sites for hydroxylation is 1. The number of pyridine rings is 1. The maximum absolute atomic E-state index is 12.7. The highest BCUT2D eigenvalue weighted by Gasteiger charge is 2.36. The molecule has 3 rings (SSSR count). The second-order valence-corrected chi connectivity index (χ2v) is 14.2. The van der Waals surface area contributed by atoms with Crippen molar-refractivity contribution in [1.82, 2.24) is 4.57 Å². The van der Waals surface area contributed by atoms with Crippen LogP contribution in [0, 0.1) is 0 Å². The van der Waals surface area contributed by atoms with Crippen molar-refractivity contribution in [2.75, 3.05) is 6.61 Å². The molecule has 5 heteroatoms. The van der Waals surface area contributed by atoms with Crippen LogP contribution in [-0.4, -0.2) is 19.5 Å². The minimum Gasteiger partial charge on any atom is -0.417 e.